The van der Waals surface area contributed by atoms with Crippen molar-refractivity contribution in [3.63, 3.8) is 0 Å². The predicted molar refractivity (Wildman–Crippen MR) is 119 cm³/mol. The van der Waals surface area contributed by atoms with Crippen molar-refractivity contribution in [3.05, 3.63) is 41.2 Å². The maximum atomic E-state index is 9.47. The van der Waals surface area contributed by atoms with Gasteiger partial charge < -0.3 is 14.4 Å². The molecule has 3 aromatic rings. The monoisotopic (exact) mass is 395 g/mol. The molecule has 0 fully saturated rings. The van der Waals surface area contributed by atoms with Gasteiger partial charge in [-0.25, -0.2) is 9.97 Å². The van der Waals surface area contributed by atoms with Crippen molar-refractivity contribution in [2.75, 3.05) is 13.2 Å². The maximum absolute atomic E-state index is 9.47. The Labute approximate surface area is 173 Å². The number of nitrogens with zero attached hydrogens (tertiary/aromatic N) is 3. The molecule has 0 aliphatic heterocycles. The zero-order chi connectivity index (χ0) is 21.0. The minimum absolute atomic E-state index is 0.188. The SMILES string of the molecule is CCOc1ccc(-c2nc3c(nc2CC)c([C@H](CC)CCO)cn3C)c(CC)c1. The van der Waals surface area contributed by atoms with Crippen LogP contribution in [0.1, 0.15) is 63.3 Å². The quantitative estimate of drug-likeness (QED) is 0.552. The lowest BCUT2D eigenvalue weighted by Gasteiger charge is -2.15. The van der Waals surface area contributed by atoms with Gasteiger partial charge in [-0.1, -0.05) is 20.8 Å². The first-order chi connectivity index (χ1) is 14.1. The molecule has 0 saturated carbocycles. The van der Waals surface area contributed by atoms with Gasteiger partial charge in [0.05, 0.1) is 18.0 Å². The molecule has 5 nitrogen and oxygen atoms in total. The second-order valence-corrected chi connectivity index (χ2v) is 7.46. The molecule has 1 aromatic carbocycles. The summed E-state index contributed by atoms with van der Waals surface area (Å²) in [5.41, 5.74) is 7.39. The molecular formula is C24H33N3O2. The summed E-state index contributed by atoms with van der Waals surface area (Å²) < 4.78 is 7.76. The summed E-state index contributed by atoms with van der Waals surface area (Å²) >= 11 is 0. The highest BCUT2D eigenvalue weighted by atomic mass is 16.5. The molecule has 0 aliphatic rings. The number of benzene rings is 1. The van der Waals surface area contributed by atoms with Crippen LogP contribution in [0.4, 0.5) is 0 Å². The Kier molecular flexibility index (Phi) is 6.91. The lowest BCUT2D eigenvalue weighted by atomic mass is 9.95. The second kappa shape index (κ2) is 9.40. The molecule has 3 rings (SSSR count). The number of hydrogen-bond donors (Lipinski definition) is 1. The number of aliphatic hydroxyl groups is 1. The molecule has 1 atom stereocenters. The highest BCUT2D eigenvalue weighted by Crippen LogP contribution is 2.34. The number of aryl methyl sites for hydroxylation is 3. The largest absolute Gasteiger partial charge is 0.494 e. The molecule has 1 N–H and O–H groups in total. The van der Waals surface area contributed by atoms with Crippen LogP contribution >= 0.6 is 0 Å². The van der Waals surface area contributed by atoms with Crippen LogP contribution in [-0.2, 0) is 19.9 Å². The molecular weight excluding hydrogens is 362 g/mol. The molecule has 29 heavy (non-hydrogen) atoms. The van der Waals surface area contributed by atoms with E-state index in [1.54, 1.807) is 0 Å². The van der Waals surface area contributed by atoms with E-state index in [9.17, 15) is 5.11 Å². The smallest absolute Gasteiger partial charge is 0.159 e. The Morgan fingerprint density at radius 3 is 2.52 bits per heavy atom. The van der Waals surface area contributed by atoms with Crippen LogP contribution in [-0.4, -0.2) is 32.9 Å². The van der Waals surface area contributed by atoms with Crippen LogP contribution in [0.15, 0.2) is 24.4 Å². The number of hydrogen-bond acceptors (Lipinski definition) is 4. The van der Waals surface area contributed by atoms with Crippen molar-refractivity contribution in [2.45, 2.75) is 59.3 Å². The third kappa shape index (κ3) is 4.15. The fourth-order valence-electron chi connectivity index (χ4n) is 4.08. The zero-order valence-corrected chi connectivity index (χ0v) is 18.3. The van der Waals surface area contributed by atoms with E-state index >= 15 is 0 Å². The molecule has 0 bridgehead atoms. The average Bonchev–Trinajstić information content (AvgIpc) is 3.06. The fourth-order valence-corrected chi connectivity index (χ4v) is 4.08. The number of aliphatic hydroxyl groups excluding tert-OH is 1. The van der Waals surface area contributed by atoms with Gasteiger partial charge in [0.2, 0.25) is 0 Å². The van der Waals surface area contributed by atoms with Crippen LogP contribution in [0.5, 0.6) is 5.75 Å². The summed E-state index contributed by atoms with van der Waals surface area (Å²) in [5, 5.41) is 9.47. The van der Waals surface area contributed by atoms with E-state index in [-0.39, 0.29) is 6.61 Å². The van der Waals surface area contributed by atoms with Crippen LogP contribution < -0.4 is 4.74 Å². The van der Waals surface area contributed by atoms with Crippen molar-refractivity contribution in [1.29, 1.82) is 0 Å². The number of fused-ring (bicyclic) bond motifs is 1. The first kappa shape index (κ1) is 21.3. The highest BCUT2D eigenvalue weighted by Gasteiger charge is 2.21. The summed E-state index contributed by atoms with van der Waals surface area (Å²) in [6.45, 7) is 9.30. The Morgan fingerprint density at radius 1 is 1.10 bits per heavy atom. The fraction of sp³-hybridized carbons (Fsp3) is 0.500. The highest BCUT2D eigenvalue weighted by molar-refractivity contribution is 5.81. The molecule has 0 saturated heterocycles. The third-order valence-electron chi connectivity index (χ3n) is 5.66. The zero-order valence-electron chi connectivity index (χ0n) is 18.3. The molecule has 2 heterocycles. The standard InChI is InChI=1S/C24H33N3O2/c1-6-16(12-13-28)20-15-27(5)24-23(20)25-21(8-3)22(26-24)19-11-10-18(29-9-4)14-17(19)7-2/h10-11,14-16,28H,6-9,12-13H2,1-5H3/t16-/m1/s1. The summed E-state index contributed by atoms with van der Waals surface area (Å²) in [7, 11) is 2.03. The van der Waals surface area contributed by atoms with Gasteiger partial charge in [-0.3, -0.25) is 0 Å². The minimum Gasteiger partial charge on any atom is -0.494 e. The first-order valence-electron chi connectivity index (χ1n) is 10.8. The van der Waals surface area contributed by atoms with Gasteiger partial charge in [0.1, 0.15) is 11.3 Å². The van der Waals surface area contributed by atoms with Crippen LogP contribution in [0.25, 0.3) is 22.4 Å². The van der Waals surface area contributed by atoms with E-state index in [1.165, 1.54) is 11.1 Å². The summed E-state index contributed by atoms with van der Waals surface area (Å²) in [5.74, 6) is 1.20. The summed E-state index contributed by atoms with van der Waals surface area (Å²) in [6, 6.07) is 6.26. The van der Waals surface area contributed by atoms with Crippen molar-refractivity contribution in [2.24, 2.45) is 7.05 Å². The van der Waals surface area contributed by atoms with E-state index in [0.717, 1.165) is 59.5 Å². The Balaban J connectivity index is 2.19. The third-order valence-corrected chi connectivity index (χ3v) is 5.66. The van der Waals surface area contributed by atoms with Crippen LogP contribution in [0, 0.1) is 0 Å². The van der Waals surface area contributed by atoms with Crippen molar-refractivity contribution in [1.82, 2.24) is 14.5 Å². The van der Waals surface area contributed by atoms with Crippen molar-refractivity contribution < 1.29 is 9.84 Å². The molecule has 0 aliphatic carbocycles. The van der Waals surface area contributed by atoms with Crippen molar-refractivity contribution in [3.8, 4) is 17.0 Å². The topological polar surface area (TPSA) is 60.2 Å². The maximum Gasteiger partial charge on any atom is 0.159 e. The van der Waals surface area contributed by atoms with Gasteiger partial charge in [-0.05, 0) is 62.3 Å². The van der Waals surface area contributed by atoms with E-state index in [4.69, 9.17) is 14.7 Å². The Bertz CT molecular complexity index is 978. The van der Waals surface area contributed by atoms with Gasteiger partial charge in [0.25, 0.3) is 0 Å². The lowest BCUT2D eigenvalue weighted by molar-refractivity contribution is 0.274. The van der Waals surface area contributed by atoms with Gasteiger partial charge in [0, 0.05) is 31.0 Å². The van der Waals surface area contributed by atoms with Gasteiger partial charge in [-0.15, -0.1) is 0 Å². The van der Waals surface area contributed by atoms with E-state index in [0.29, 0.717) is 12.5 Å². The number of rotatable bonds is 9. The molecule has 5 heteroatoms. The minimum atomic E-state index is 0.188. The van der Waals surface area contributed by atoms with E-state index in [1.807, 2.05) is 20.0 Å². The number of ether oxygens (including phenoxy) is 1. The summed E-state index contributed by atoms with van der Waals surface area (Å²) in [6.07, 6.45) is 5.59. The molecule has 0 unspecified atom stereocenters. The van der Waals surface area contributed by atoms with E-state index < -0.39 is 0 Å². The number of aromatic nitrogens is 3. The van der Waals surface area contributed by atoms with Gasteiger partial charge in [-0.2, -0.15) is 0 Å². The van der Waals surface area contributed by atoms with E-state index in [2.05, 4.69) is 43.7 Å². The van der Waals surface area contributed by atoms with Gasteiger partial charge in [0.15, 0.2) is 5.65 Å². The lowest BCUT2D eigenvalue weighted by Crippen LogP contribution is -2.03. The normalized spacial score (nSPS) is 12.5. The van der Waals surface area contributed by atoms with Gasteiger partial charge >= 0.3 is 0 Å². The molecule has 0 amide bonds. The average molecular weight is 396 g/mol. The Morgan fingerprint density at radius 2 is 1.90 bits per heavy atom. The first-order valence-corrected chi connectivity index (χ1v) is 10.8. The summed E-state index contributed by atoms with van der Waals surface area (Å²) in [4.78, 5) is 10.2. The molecule has 156 valence electrons. The molecule has 0 spiro atoms. The molecule has 2 aromatic heterocycles. The molecule has 0 radical (unpaired) electrons. The second-order valence-electron chi connectivity index (χ2n) is 7.46. The van der Waals surface area contributed by atoms with Crippen LogP contribution in [0.3, 0.4) is 0 Å². The van der Waals surface area contributed by atoms with Crippen molar-refractivity contribution >= 4 is 11.2 Å². The predicted octanol–water partition coefficient (Wildman–Crippen LogP) is 5.03. The Hall–Kier alpha value is -2.40. The van der Waals surface area contributed by atoms with Crippen LogP contribution in [0.2, 0.25) is 0 Å².